The number of nitrogens with one attached hydrogen (secondary N) is 2. The molecule has 0 aliphatic carbocycles. The fourth-order valence-electron chi connectivity index (χ4n) is 1.37. The van der Waals surface area contributed by atoms with Gasteiger partial charge < -0.3 is 10.3 Å². The number of imidazole rings is 1. The average molecular weight is 278 g/mol. The number of aromatic nitrogens is 2. The third-order valence-corrected chi connectivity index (χ3v) is 3.17. The first kappa shape index (κ1) is 8.46. The van der Waals surface area contributed by atoms with Gasteiger partial charge in [-0.1, -0.05) is 0 Å². The van der Waals surface area contributed by atoms with Crippen LogP contribution in [0.2, 0.25) is 0 Å². The van der Waals surface area contributed by atoms with Gasteiger partial charge in [-0.05, 0) is 0 Å². The molecule has 1 aliphatic rings. The first-order valence-electron chi connectivity index (χ1n) is 4.00. The van der Waals surface area contributed by atoms with E-state index in [1.165, 1.54) is 0 Å². The normalized spacial score (nSPS) is 25.9. The summed E-state index contributed by atoms with van der Waals surface area (Å²) < 4.78 is 2.28. The molecule has 1 aliphatic heterocycles. The molecular weight excluding hydrogens is 267 g/mol. The lowest BCUT2D eigenvalue weighted by atomic mass is 10.2. The number of rotatable bonds is 1. The summed E-state index contributed by atoms with van der Waals surface area (Å²) in [6, 6.07) is 0.398. The van der Waals surface area contributed by atoms with Crippen molar-refractivity contribution in [1.82, 2.24) is 18.4 Å². The summed E-state index contributed by atoms with van der Waals surface area (Å²) in [5, 5.41) is 3.35. The highest BCUT2D eigenvalue weighted by Gasteiger charge is 2.23. The van der Waals surface area contributed by atoms with Crippen molar-refractivity contribution in [3.8, 4) is 0 Å². The van der Waals surface area contributed by atoms with Crippen LogP contribution in [0.1, 0.15) is 11.9 Å². The third kappa shape index (κ3) is 1.62. The molecule has 2 rings (SSSR count). The van der Waals surface area contributed by atoms with Gasteiger partial charge in [-0.25, -0.2) is 8.10 Å². The highest BCUT2D eigenvalue weighted by Crippen LogP contribution is 2.21. The van der Waals surface area contributed by atoms with Gasteiger partial charge in [0.25, 0.3) is 0 Å². The summed E-state index contributed by atoms with van der Waals surface area (Å²) in [6.07, 6.45) is 3.67. The van der Waals surface area contributed by atoms with Crippen molar-refractivity contribution >= 4 is 22.9 Å². The molecule has 0 bridgehead atoms. The molecule has 0 saturated carbocycles. The third-order valence-electron chi connectivity index (χ3n) is 2.01. The topological polar surface area (TPSA) is 44.0 Å². The summed E-state index contributed by atoms with van der Waals surface area (Å²) in [6.45, 7) is 3.13. The number of aromatic amines is 1. The standard InChI is InChI=1S/C7H11IN4/c8-12-4-3-9-5-6(12)7-10-1-2-11-7/h1-2,6,9H,3-5H2,(H,10,11). The summed E-state index contributed by atoms with van der Waals surface area (Å²) in [5.41, 5.74) is 0. The Morgan fingerprint density at radius 1 is 1.67 bits per heavy atom. The number of H-pyrrole nitrogens is 1. The summed E-state index contributed by atoms with van der Waals surface area (Å²) in [7, 11) is 0. The van der Waals surface area contributed by atoms with Crippen molar-refractivity contribution in [3.05, 3.63) is 18.2 Å². The molecule has 12 heavy (non-hydrogen) atoms. The summed E-state index contributed by atoms with van der Waals surface area (Å²) >= 11 is 2.35. The van der Waals surface area contributed by atoms with Crippen LogP contribution in [0.15, 0.2) is 12.4 Å². The quantitative estimate of drug-likeness (QED) is 0.587. The van der Waals surface area contributed by atoms with E-state index in [2.05, 4.69) is 41.3 Å². The van der Waals surface area contributed by atoms with Crippen LogP contribution in [-0.4, -0.2) is 32.7 Å². The van der Waals surface area contributed by atoms with Crippen molar-refractivity contribution in [1.29, 1.82) is 0 Å². The van der Waals surface area contributed by atoms with E-state index in [4.69, 9.17) is 0 Å². The van der Waals surface area contributed by atoms with Crippen LogP contribution < -0.4 is 5.32 Å². The zero-order valence-corrected chi connectivity index (χ0v) is 8.78. The second kappa shape index (κ2) is 3.71. The van der Waals surface area contributed by atoms with Gasteiger partial charge in [0, 0.05) is 54.9 Å². The van der Waals surface area contributed by atoms with Crippen LogP contribution in [0.3, 0.4) is 0 Å². The number of piperazine rings is 1. The molecular formula is C7H11IN4. The van der Waals surface area contributed by atoms with Gasteiger partial charge in [-0.15, -0.1) is 0 Å². The Bertz CT molecular complexity index is 236. The number of nitrogens with zero attached hydrogens (tertiary/aromatic N) is 2. The molecule has 2 heterocycles. The first-order valence-corrected chi connectivity index (χ1v) is 4.97. The average Bonchev–Trinajstić information content (AvgIpc) is 2.57. The predicted octanol–water partition coefficient (Wildman–Crippen LogP) is 0.706. The van der Waals surface area contributed by atoms with E-state index in [0.29, 0.717) is 6.04 Å². The lowest BCUT2D eigenvalue weighted by Crippen LogP contribution is -2.41. The van der Waals surface area contributed by atoms with E-state index < -0.39 is 0 Å². The number of halogens is 1. The van der Waals surface area contributed by atoms with Crippen LogP contribution in [0, 0.1) is 0 Å². The Morgan fingerprint density at radius 3 is 3.25 bits per heavy atom. The van der Waals surface area contributed by atoms with E-state index in [1.807, 2.05) is 6.20 Å². The molecule has 4 nitrogen and oxygen atoms in total. The molecule has 1 aromatic rings. The van der Waals surface area contributed by atoms with Gasteiger partial charge in [0.1, 0.15) is 5.82 Å². The van der Waals surface area contributed by atoms with Crippen LogP contribution >= 0.6 is 22.9 Å². The maximum atomic E-state index is 4.25. The Kier molecular flexibility index (Phi) is 2.62. The monoisotopic (exact) mass is 278 g/mol. The minimum atomic E-state index is 0.398. The highest BCUT2D eigenvalue weighted by molar-refractivity contribution is 14.1. The highest BCUT2D eigenvalue weighted by atomic mass is 127. The molecule has 66 valence electrons. The van der Waals surface area contributed by atoms with Crippen LogP contribution in [-0.2, 0) is 0 Å². The van der Waals surface area contributed by atoms with E-state index in [1.54, 1.807) is 6.20 Å². The van der Waals surface area contributed by atoms with Crippen molar-refractivity contribution in [2.24, 2.45) is 0 Å². The van der Waals surface area contributed by atoms with Crippen molar-refractivity contribution in [2.75, 3.05) is 19.6 Å². The maximum absolute atomic E-state index is 4.25. The molecule has 1 saturated heterocycles. The SMILES string of the molecule is IN1CCNCC1c1ncc[nH]1. The summed E-state index contributed by atoms with van der Waals surface area (Å²) in [5.74, 6) is 1.05. The lowest BCUT2D eigenvalue weighted by Gasteiger charge is -2.29. The molecule has 0 spiro atoms. The van der Waals surface area contributed by atoms with Crippen molar-refractivity contribution in [3.63, 3.8) is 0 Å². The molecule has 1 atom stereocenters. The predicted molar refractivity (Wildman–Crippen MR) is 54.9 cm³/mol. The van der Waals surface area contributed by atoms with Gasteiger partial charge in [-0.3, -0.25) is 0 Å². The Labute approximate surface area is 85.2 Å². The minimum absolute atomic E-state index is 0.398. The summed E-state index contributed by atoms with van der Waals surface area (Å²) in [4.78, 5) is 7.39. The van der Waals surface area contributed by atoms with Gasteiger partial charge >= 0.3 is 0 Å². The molecule has 0 amide bonds. The van der Waals surface area contributed by atoms with Crippen LogP contribution in [0.5, 0.6) is 0 Å². The molecule has 1 aromatic heterocycles. The van der Waals surface area contributed by atoms with E-state index >= 15 is 0 Å². The van der Waals surface area contributed by atoms with E-state index in [-0.39, 0.29) is 0 Å². The zero-order chi connectivity index (χ0) is 8.39. The Balaban J connectivity index is 2.11. The fraction of sp³-hybridized carbons (Fsp3) is 0.571. The van der Waals surface area contributed by atoms with Gasteiger partial charge in [0.05, 0.1) is 6.04 Å². The Hall–Kier alpha value is -0.140. The number of hydrogen-bond donors (Lipinski definition) is 2. The molecule has 0 radical (unpaired) electrons. The van der Waals surface area contributed by atoms with E-state index in [9.17, 15) is 0 Å². The fourth-order valence-corrected chi connectivity index (χ4v) is 2.07. The van der Waals surface area contributed by atoms with Crippen molar-refractivity contribution < 1.29 is 0 Å². The smallest absolute Gasteiger partial charge is 0.125 e. The van der Waals surface area contributed by atoms with Crippen LogP contribution in [0.25, 0.3) is 0 Å². The minimum Gasteiger partial charge on any atom is -0.347 e. The molecule has 1 fully saturated rings. The van der Waals surface area contributed by atoms with E-state index in [0.717, 1.165) is 25.5 Å². The van der Waals surface area contributed by atoms with Gasteiger partial charge in [0.15, 0.2) is 0 Å². The molecule has 0 aromatic carbocycles. The maximum Gasteiger partial charge on any atom is 0.125 e. The van der Waals surface area contributed by atoms with Gasteiger partial charge in [0.2, 0.25) is 0 Å². The lowest BCUT2D eigenvalue weighted by molar-refractivity contribution is 0.311. The molecule has 1 unspecified atom stereocenters. The number of hydrogen-bond acceptors (Lipinski definition) is 3. The molecule has 2 N–H and O–H groups in total. The van der Waals surface area contributed by atoms with Gasteiger partial charge in [-0.2, -0.15) is 0 Å². The van der Waals surface area contributed by atoms with Crippen LogP contribution in [0.4, 0.5) is 0 Å². The second-order valence-corrected chi connectivity index (χ2v) is 4.06. The largest absolute Gasteiger partial charge is 0.347 e. The first-order chi connectivity index (χ1) is 5.88. The molecule has 5 heteroatoms. The van der Waals surface area contributed by atoms with Crippen molar-refractivity contribution in [2.45, 2.75) is 6.04 Å². The second-order valence-electron chi connectivity index (χ2n) is 2.82. The Morgan fingerprint density at radius 2 is 2.58 bits per heavy atom. The zero-order valence-electron chi connectivity index (χ0n) is 6.63.